The van der Waals surface area contributed by atoms with Crippen molar-refractivity contribution in [1.82, 2.24) is 29.9 Å². The van der Waals surface area contributed by atoms with Crippen LogP contribution in [0.1, 0.15) is 64.1 Å². The Morgan fingerprint density at radius 2 is 1.91 bits per heavy atom. The van der Waals surface area contributed by atoms with E-state index in [1.54, 1.807) is 23.9 Å². The number of nitrogens with zero attached hydrogens (tertiary/aromatic N) is 7. The number of carbonyl (C=O) groups is 1. The van der Waals surface area contributed by atoms with Gasteiger partial charge in [0.05, 0.1) is 65.6 Å². The third kappa shape index (κ3) is 5.25. The molecule has 0 unspecified atom stereocenters. The van der Waals surface area contributed by atoms with Gasteiger partial charge >= 0.3 is 0 Å². The first-order valence-electron chi connectivity index (χ1n) is 16.0. The van der Waals surface area contributed by atoms with Gasteiger partial charge in [0.25, 0.3) is 5.91 Å². The second kappa shape index (κ2) is 12.0. The summed E-state index contributed by atoms with van der Waals surface area (Å²) in [4.78, 5) is 21.2. The number of morpholine rings is 1. The molecule has 1 atom stereocenters. The van der Waals surface area contributed by atoms with Crippen LogP contribution in [-0.2, 0) is 22.4 Å². The van der Waals surface area contributed by atoms with E-state index in [1.165, 1.54) is 12.1 Å². The van der Waals surface area contributed by atoms with Crippen LogP contribution in [0.25, 0.3) is 33.5 Å². The summed E-state index contributed by atoms with van der Waals surface area (Å²) in [5.74, 6) is 0.640. The Morgan fingerprint density at radius 3 is 2.70 bits per heavy atom. The number of fused-ring (bicyclic) bond motifs is 4. The average Bonchev–Trinajstić information content (AvgIpc) is 3.79. The van der Waals surface area contributed by atoms with Gasteiger partial charge in [0, 0.05) is 37.6 Å². The van der Waals surface area contributed by atoms with Crippen molar-refractivity contribution in [3.05, 3.63) is 82.4 Å². The fraction of sp³-hybridized carbons (Fsp3) is 0.371. The molecule has 2 aromatic carbocycles. The maximum absolute atomic E-state index is 14.3. The van der Waals surface area contributed by atoms with Gasteiger partial charge in [-0.1, -0.05) is 12.1 Å². The molecule has 5 aromatic rings. The lowest BCUT2D eigenvalue weighted by Crippen LogP contribution is -2.38. The van der Waals surface area contributed by atoms with E-state index in [1.807, 2.05) is 29.2 Å². The summed E-state index contributed by atoms with van der Waals surface area (Å²) in [6.45, 7) is 4.97. The van der Waals surface area contributed by atoms with Gasteiger partial charge in [-0.05, 0) is 67.0 Å². The zero-order chi connectivity index (χ0) is 32.1. The lowest BCUT2D eigenvalue weighted by molar-refractivity contribution is 0.00352. The Morgan fingerprint density at radius 1 is 1.04 bits per heavy atom. The van der Waals surface area contributed by atoms with E-state index in [4.69, 9.17) is 24.1 Å². The topological polar surface area (TPSA) is 132 Å². The Balaban J connectivity index is 1.27. The molecule has 238 valence electrons. The molecule has 0 spiro atoms. The smallest absolute Gasteiger partial charge is 0.257 e. The number of halogens is 1. The number of aryl methyl sites for hydroxylation is 2. The van der Waals surface area contributed by atoms with Crippen LogP contribution in [0.2, 0.25) is 0 Å². The van der Waals surface area contributed by atoms with E-state index < -0.39 is 5.82 Å². The van der Waals surface area contributed by atoms with Crippen LogP contribution in [-0.4, -0.2) is 68.7 Å². The molecule has 1 amide bonds. The molecule has 0 N–H and O–H groups in total. The van der Waals surface area contributed by atoms with Crippen LogP contribution in [0, 0.1) is 30.0 Å². The molecule has 6 heterocycles. The lowest BCUT2D eigenvalue weighted by Gasteiger charge is -2.29. The Bertz CT molecular complexity index is 2060. The quantitative estimate of drug-likeness (QED) is 0.231. The number of nitriles is 1. The summed E-state index contributed by atoms with van der Waals surface area (Å²) in [5, 5.41) is 23.1. The van der Waals surface area contributed by atoms with Gasteiger partial charge in [-0.15, -0.1) is 10.2 Å². The van der Waals surface area contributed by atoms with Gasteiger partial charge in [0.15, 0.2) is 0 Å². The third-order valence-electron chi connectivity index (χ3n) is 9.51. The molecule has 3 aromatic heterocycles. The van der Waals surface area contributed by atoms with Crippen LogP contribution < -0.4 is 0 Å². The second-order valence-electron chi connectivity index (χ2n) is 12.4. The van der Waals surface area contributed by atoms with Crippen molar-refractivity contribution in [2.24, 2.45) is 5.92 Å². The van der Waals surface area contributed by atoms with Crippen LogP contribution >= 0.6 is 0 Å². The van der Waals surface area contributed by atoms with Crippen LogP contribution in [0.3, 0.4) is 0 Å². The maximum Gasteiger partial charge on any atom is 0.257 e. The number of aromatic nitrogens is 5. The average molecular weight is 634 g/mol. The van der Waals surface area contributed by atoms with Crippen molar-refractivity contribution < 1.29 is 23.1 Å². The summed E-state index contributed by atoms with van der Waals surface area (Å²) in [6.07, 6.45) is 5.39. The van der Waals surface area contributed by atoms with Crippen molar-refractivity contribution in [3.8, 4) is 28.7 Å². The molecule has 2 saturated heterocycles. The number of hydrogen-bond acceptors (Lipinski definition) is 9. The van der Waals surface area contributed by atoms with Crippen molar-refractivity contribution >= 4 is 16.8 Å². The van der Waals surface area contributed by atoms with E-state index in [9.17, 15) is 9.18 Å². The van der Waals surface area contributed by atoms with Crippen molar-refractivity contribution in [3.63, 3.8) is 0 Å². The highest BCUT2D eigenvalue weighted by Crippen LogP contribution is 2.46. The molecular formula is C35H32FN7O4. The number of ether oxygens (including phenoxy) is 2. The molecule has 47 heavy (non-hydrogen) atoms. The van der Waals surface area contributed by atoms with Crippen LogP contribution in [0.5, 0.6) is 0 Å². The number of benzene rings is 2. The maximum atomic E-state index is 14.3. The van der Waals surface area contributed by atoms with E-state index in [-0.39, 0.29) is 17.5 Å². The van der Waals surface area contributed by atoms with E-state index in [2.05, 4.69) is 15.3 Å². The van der Waals surface area contributed by atoms with Gasteiger partial charge < -0.3 is 18.8 Å². The third-order valence-corrected chi connectivity index (χ3v) is 9.51. The fourth-order valence-electron chi connectivity index (χ4n) is 7.09. The summed E-state index contributed by atoms with van der Waals surface area (Å²) in [5.41, 5.74) is 5.86. The molecule has 2 fully saturated rings. The Hall–Kier alpha value is -4.99. The van der Waals surface area contributed by atoms with Gasteiger partial charge in [0.2, 0.25) is 11.8 Å². The molecule has 0 saturated carbocycles. The van der Waals surface area contributed by atoms with Crippen molar-refractivity contribution in [2.75, 3.05) is 33.0 Å². The van der Waals surface area contributed by atoms with Crippen molar-refractivity contribution in [2.45, 2.75) is 45.2 Å². The SMILES string of the molecule is Cc1nnc(-c2c(CCC3CCOCC3)nc3c(c2-c2ccc4c(cnn4Cc4ccc(C#N)c(F)c4)c2)C(=O)N2CCOC[C@H]32)o1. The highest BCUT2D eigenvalue weighted by atomic mass is 19.1. The molecular weight excluding hydrogens is 601 g/mol. The molecule has 11 nitrogen and oxygen atoms in total. The number of carbonyl (C=O) groups excluding carboxylic acids is 1. The molecule has 3 aliphatic heterocycles. The minimum absolute atomic E-state index is 0.00486. The highest BCUT2D eigenvalue weighted by molar-refractivity contribution is 6.08. The first kappa shape index (κ1) is 29.4. The number of pyridine rings is 1. The molecule has 3 aliphatic rings. The van der Waals surface area contributed by atoms with Crippen molar-refractivity contribution in [1.29, 1.82) is 5.26 Å². The molecule has 8 rings (SSSR count). The standard InChI is InChI=1S/C35H32FN7O4/c1-20-40-41-34(47-20)31-27(6-3-21-8-11-45-12-9-21)39-33-29-19-46-13-10-42(29)35(44)32(33)30(31)23-5-7-28-25(15-23)17-38-43(28)18-22-2-4-24(16-37)26(36)14-22/h2,4-5,7,14-15,17,21,29H,3,6,8-13,18-19H2,1H3/t29-/m1/s1. The predicted molar refractivity (Wildman–Crippen MR) is 168 cm³/mol. The highest BCUT2D eigenvalue weighted by Gasteiger charge is 2.44. The first-order chi connectivity index (χ1) is 23.0. The van der Waals surface area contributed by atoms with Crippen LogP contribution in [0.4, 0.5) is 4.39 Å². The summed E-state index contributed by atoms with van der Waals surface area (Å²) in [7, 11) is 0. The predicted octanol–water partition coefficient (Wildman–Crippen LogP) is 5.40. The zero-order valence-electron chi connectivity index (χ0n) is 25.9. The summed E-state index contributed by atoms with van der Waals surface area (Å²) < 4.78 is 33.6. The van der Waals surface area contributed by atoms with E-state index in [0.717, 1.165) is 65.9 Å². The minimum atomic E-state index is -0.557. The van der Waals surface area contributed by atoms with Gasteiger partial charge in [-0.2, -0.15) is 10.4 Å². The minimum Gasteiger partial charge on any atom is -0.421 e. The van der Waals surface area contributed by atoms with E-state index >= 15 is 0 Å². The number of amides is 1. The van der Waals surface area contributed by atoms with E-state index in [0.29, 0.717) is 67.1 Å². The lowest BCUT2D eigenvalue weighted by atomic mass is 9.88. The van der Waals surface area contributed by atoms with Gasteiger partial charge in [-0.25, -0.2) is 4.39 Å². The molecule has 0 aliphatic carbocycles. The summed E-state index contributed by atoms with van der Waals surface area (Å²) in [6, 6.07) is 12.1. The first-order valence-corrected chi connectivity index (χ1v) is 16.0. The zero-order valence-corrected chi connectivity index (χ0v) is 25.9. The number of rotatable bonds is 7. The molecule has 0 bridgehead atoms. The normalized spacial score (nSPS) is 18.0. The largest absolute Gasteiger partial charge is 0.421 e. The summed E-state index contributed by atoms with van der Waals surface area (Å²) >= 11 is 0. The molecule has 12 heteroatoms. The number of hydrogen-bond donors (Lipinski definition) is 0. The molecule has 0 radical (unpaired) electrons. The fourth-order valence-corrected chi connectivity index (χ4v) is 7.09. The van der Waals surface area contributed by atoms with Gasteiger partial charge in [0.1, 0.15) is 11.9 Å². The second-order valence-corrected chi connectivity index (χ2v) is 12.4. The Labute approximate surface area is 269 Å². The Kier molecular flexibility index (Phi) is 7.50. The monoisotopic (exact) mass is 633 g/mol. The van der Waals surface area contributed by atoms with Gasteiger partial charge in [-0.3, -0.25) is 14.5 Å². The van der Waals surface area contributed by atoms with Crippen LogP contribution in [0.15, 0.2) is 47.0 Å².